The maximum Gasteiger partial charge on any atom is 0.0678 e. The zero-order chi connectivity index (χ0) is 8.23. The highest BCUT2D eigenvalue weighted by atomic mass is 15.2. The van der Waals surface area contributed by atoms with E-state index in [4.69, 9.17) is 0 Å². The number of para-hydroxylation sites is 1. The number of hydrogen-bond acceptors (Lipinski definition) is 2. The average Bonchev–Trinajstić information content (AvgIpc) is 2.04. The van der Waals surface area contributed by atoms with Crippen LogP contribution in [0.1, 0.15) is 6.42 Å². The second-order valence-corrected chi connectivity index (χ2v) is 3.17. The minimum atomic E-state index is 0.990. The first-order valence-electron chi connectivity index (χ1n) is 4.46. The molecule has 0 saturated carbocycles. The van der Waals surface area contributed by atoms with Gasteiger partial charge in [-0.2, -0.15) is 0 Å². The Hall–Kier alpha value is -1.02. The van der Waals surface area contributed by atoms with Gasteiger partial charge in [0.2, 0.25) is 0 Å². The summed E-state index contributed by atoms with van der Waals surface area (Å²) in [5.41, 5.74) is 1.21. The molecule has 0 radical (unpaired) electrons. The van der Waals surface area contributed by atoms with Gasteiger partial charge in [-0.25, -0.2) is 0 Å². The van der Waals surface area contributed by atoms with Crippen molar-refractivity contribution in [2.24, 2.45) is 0 Å². The van der Waals surface area contributed by atoms with Gasteiger partial charge < -0.3 is 5.32 Å². The summed E-state index contributed by atoms with van der Waals surface area (Å²) in [5.74, 6) is 0. The molecule has 0 aromatic heterocycles. The Morgan fingerprint density at radius 2 is 1.92 bits per heavy atom. The number of benzene rings is 1. The molecule has 2 rings (SSSR count). The predicted molar refractivity (Wildman–Crippen MR) is 51.1 cm³/mol. The van der Waals surface area contributed by atoms with Crippen LogP contribution < -0.4 is 5.32 Å². The molecule has 1 aliphatic rings. The fraction of sp³-hybridized carbons (Fsp3) is 0.400. The summed E-state index contributed by atoms with van der Waals surface area (Å²) in [6, 6.07) is 10.3. The maximum absolute atomic E-state index is 3.37. The molecule has 2 nitrogen and oxygen atoms in total. The van der Waals surface area contributed by atoms with Crippen molar-refractivity contribution < 1.29 is 0 Å². The van der Waals surface area contributed by atoms with Crippen LogP contribution in [0.15, 0.2) is 30.3 Å². The van der Waals surface area contributed by atoms with Crippen LogP contribution in [0.25, 0.3) is 0 Å². The second kappa shape index (κ2) is 3.59. The first kappa shape index (κ1) is 7.62. The number of rotatable bonds is 3. The van der Waals surface area contributed by atoms with Crippen molar-refractivity contribution in [3.8, 4) is 0 Å². The van der Waals surface area contributed by atoms with E-state index < -0.39 is 0 Å². The minimum absolute atomic E-state index is 0.990. The highest BCUT2D eigenvalue weighted by molar-refractivity contribution is 5.42. The quantitative estimate of drug-likeness (QED) is 0.728. The highest BCUT2D eigenvalue weighted by Gasteiger charge is 2.11. The standard InChI is InChI=1S/C10H14N2/c1-2-5-10(6-3-1)11-9-12-7-4-8-12/h1-3,5-6,11H,4,7-9H2. The molecular weight excluding hydrogens is 148 g/mol. The summed E-state index contributed by atoms with van der Waals surface area (Å²) in [6.07, 6.45) is 1.36. The third-order valence-corrected chi connectivity index (χ3v) is 2.23. The van der Waals surface area contributed by atoms with Crippen molar-refractivity contribution in [3.05, 3.63) is 30.3 Å². The van der Waals surface area contributed by atoms with E-state index in [9.17, 15) is 0 Å². The van der Waals surface area contributed by atoms with Crippen LogP contribution in [0.4, 0.5) is 5.69 Å². The third-order valence-electron chi connectivity index (χ3n) is 2.23. The molecule has 64 valence electrons. The lowest BCUT2D eigenvalue weighted by atomic mass is 10.2. The van der Waals surface area contributed by atoms with Crippen molar-refractivity contribution in [1.82, 2.24) is 4.90 Å². The van der Waals surface area contributed by atoms with E-state index in [1.165, 1.54) is 25.2 Å². The normalized spacial score (nSPS) is 17.0. The van der Waals surface area contributed by atoms with Gasteiger partial charge >= 0.3 is 0 Å². The number of anilines is 1. The molecule has 1 saturated heterocycles. The zero-order valence-corrected chi connectivity index (χ0v) is 7.16. The van der Waals surface area contributed by atoms with Crippen LogP contribution in [0, 0.1) is 0 Å². The van der Waals surface area contributed by atoms with E-state index in [-0.39, 0.29) is 0 Å². The van der Waals surface area contributed by atoms with E-state index in [2.05, 4.69) is 34.5 Å². The molecular formula is C10H14N2. The van der Waals surface area contributed by atoms with E-state index in [1.54, 1.807) is 0 Å². The average molecular weight is 162 g/mol. The maximum atomic E-state index is 3.37. The van der Waals surface area contributed by atoms with Gasteiger partial charge in [0.15, 0.2) is 0 Å². The molecule has 0 amide bonds. The lowest BCUT2D eigenvalue weighted by molar-refractivity contribution is 0.195. The number of nitrogens with one attached hydrogen (secondary N) is 1. The summed E-state index contributed by atoms with van der Waals surface area (Å²) < 4.78 is 0. The minimum Gasteiger partial charge on any atom is -0.372 e. The van der Waals surface area contributed by atoms with Gasteiger partial charge in [0, 0.05) is 18.8 Å². The van der Waals surface area contributed by atoms with Gasteiger partial charge in [0.25, 0.3) is 0 Å². The van der Waals surface area contributed by atoms with Gasteiger partial charge in [-0.05, 0) is 18.6 Å². The monoisotopic (exact) mass is 162 g/mol. The topological polar surface area (TPSA) is 15.3 Å². The van der Waals surface area contributed by atoms with Crippen LogP contribution in [-0.2, 0) is 0 Å². The molecule has 1 aliphatic heterocycles. The van der Waals surface area contributed by atoms with E-state index in [1.807, 2.05) is 6.07 Å². The second-order valence-electron chi connectivity index (χ2n) is 3.17. The Morgan fingerprint density at radius 1 is 1.17 bits per heavy atom. The molecule has 2 heteroatoms. The number of nitrogens with zero attached hydrogens (tertiary/aromatic N) is 1. The lowest BCUT2D eigenvalue weighted by Gasteiger charge is -2.30. The van der Waals surface area contributed by atoms with E-state index >= 15 is 0 Å². The van der Waals surface area contributed by atoms with E-state index in [0.29, 0.717) is 0 Å². The molecule has 0 atom stereocenters. The fourth-order valence-electron chi connectivity index (χ4n) is 1.30. The SMILES string of the molecule is c1ccc(NCN2CCC2)cc1. The predicted octanol–water partition coefficient (Wildman–Crippen LogP) is 1.76. The highest BCUT2D eigenvalue weighted by Crippen LogP contribution is 2.08. The summed E-state index contributed by atoms with van der Waals surface area (Å²) in [4.78, 5) is 2.40. The molecule has 12 heavy (non-hydrogen) atoms. The summed E-state index contributed by atoms with van der Waals surface area (Å²) in [6.45, 7) is 3.49. The Morgan fingerprint density at radius 3 is 2.50 bits per heavy atom. The molecule has 0 aliphatic carbocycles. The zero-order valence-electron chi connectivity index (χ0n) is 7.16. The van der Waals surface area contributed by atoms with Crippen molar-refractivity contribution >= 4 is 5.69 Å². The van der Waals surface area contributed by atoms with Gasteiger partial charge in [-0.15, -0.1) is 0 Å². The van der Waals surface area contributed by atoms with Gasteiger partial charge in [0.1, 0.15) is 0 Å². The molecule has 0 unspecified atom stereocenters. The first-order valence-corrected chi connectivity index (χ1v) is 4.46. The summed E-state index contributed by atoms with van der Waals surface area (Å²) in [7, 11) is 0. The van der Waals surface area contributed by atoms with Crippen LogP contribution >= 0.6 is 0 Å². The third kappa shape index (κ3) is 1.77. The smallest absolute Gasteiger partial charge is 0.0678 e. The van der Waals surface area contributed by atoms with Crippen LogP contribution in [0.2, 0.25) is 0 Å². The van der Waals surface area contributed by atoms with E-state index in [0.717, 1.165) is 6.67 Å². The number of hydrogen-bond donors (Lipinski definition) is 1. The first-order chi connectivity index (χ1) is 5.95. The summed E-state index contributed by atoms with van der Waals surface area (Å²) >= 11 is 0. The van der Waals surface area contributed by atoms with Gasteiger partial charge in [-0.3, -0.25) is 4.90 Å². The van der Waals surface area contributed by atoms with Gasteiger partial charge in [-0.1, -0.05) is 18.2 Å². The van der Waals surface area contributed by atoms with Crippen LogP contribution in [0.3, 0.4) is 0 Å². The molecule has 0 spiro atoms. The van der Waals surface area contributed by atoms with Gasteiger partial charge in [0.05, 0.1) is 6.67 Å². The van der Waals surface area contributed by atoms with Crippen molar-refractivity contribution in [1.29, 1.82) is 0 Å². The van der Waals surface area contributed by atoms with Crippen molar-refractivity contribution in [2.45, 2.75) is 6.42 Å². The largest absolute Gasteiger partial charge is 0.372 e. The molecule has 1 N–H and O–H groups in total. The Bertz CT molecular complexity index is 229. The molecule has 1 aromatic carbocycles. The summed E-state index contributed by atoms with van der Waals surface area (Å²) in [5, 5.41) is 3.37. The fourth-order valence-corrected chi connectivity index (χ4v) is 1.30. The molecule has 1 heterocycles. The molecule has 1 fully saturated rings. The number of likely N-dealkylation sites (tertiary alicyclic amines) is 1. The Labute approximate surface area is 73.2 Å². The molecule has 0 bridgehead atoms. The molecule has 1 aromatic rings. The Balaban J connectivity index is 1.79. The van der Waals surface area contributed by atoms with Crippen molar-refractivity contribution in [3.63, 3.8) is 0 Å². The van der Waals surface area contributed by atoms with Crippen LogP contribution in [-0.4, -0.2) is 24.7 Å². The Kier molecular flexibility index (Phi) is 2.28. The van der Waals surface area contributed by atoms with Crippen molar-refractivity contribution in [2.75, 3.05) is 25.1 Å². The lowest BCUT2D eigenvalue weighted by Crippen LogP contribution is -2.40. The van der Waals surface area contributed by atoms with Crippen LogP contribution in [0.5, 0.6) is 0 Å².